The van der Waals surface area contributed by atoms with Gasteiger partial charge in [0.1, 0.15) is 5.75 Å². The minimum atomic E-state index is -0.318. The molecule has 1 heterocycles. The third-order valence-electron chi connectivity index (χ3n) is 8.10. The number of carbonyl (C=O) groups excluding carboxylic acids is 1. The van der Waals surface area contributed by atoms with Gasteiger partial charge in [0.2, 0.25) is 0 Å². The van der Waals surface area contributed by atoms with E-state index in [1.807, 2.05) is 24.3 Å². The van der Waals surface area contributed by atoms with Gasteiger partial charge in [-0.2, -0.15) is 0 Å². The number of aryl methyl sites for hydroxylation is 1. The molecule has 0 amide bonds. The monoisotopic (exact) mass is 527 g/mol. The molecule has 0 spiro atoms. The first-order chi connectivity index (χ1) is 19.0. The van der Waals surface area contributed by atoms with E-state index in [-0.39, 0.29) is 18.0 Å². The number of phenols is 1. The number of esters is 1. The third kappa shape index (κ3) is 5.72. The highest BCUT2D eigenvalue weighted by atomic mass is 16.7. The van der Waals surface area contributed by atoms with Gasteiger partial charge in [0.25, 0.3) is 0 Å². The number of benzene rings is 3. The van der Waals surface area contributed by atoms with Gasteiger partial charge in [-0.05, 0) is 102 Å². The molecule has 0 radical (unpaired) electrons. The predicted molar refractivity (Wildman–Crippen MR) is 154 cm³/mol. The number of nitrogens with zero attached hydrogens (tertiary/aromatic N) is 1. The summed E-state index contributed by atoms with van der Waals surface area (Å²) in [7, 11) is 4.84. The number of rotatable bonds is 7. The normalized spacial score (nSPS) is 16.3. The van der Waals surface area contributed by atoms with E-state index in [0.717, 1.165) is 67.4 Å². The van der Waals surface area contributed by atoms with Crippen LogP contribution in [0.2, 0.25) is 0 Å². The lowest BCUT2D eigenvalue weighted by atomic mass is 9.87. The summed E-state index contributed by atoms with van der Waals surface area (Å²) in [4.78, 5) is 14.7. The van der Waals surface area contributed by atoms with Gasteiger partial charge in [-0.15, -0.1) is 0 Å². The van der Waals surface area contributed by atoms with Crippen LogP contribution in [0.3, 0.4) is 0 Å². The molecule has 5 rings (SSSR count). The van der Waals surface area contributed by atoms with E-state index in [4.69, 9.17) is 14.2 Å². The van der Waals surface area contributed by atoms with E-state index in [0.29, 0.717) is 11.5 Å². The summed E-state index contributed by atoms with van der Waals surface area (Å²) >= 11 is 0. The first-order valence-electron chi connectivity index (χ1n) is 13.7. The quantitative estimate of drug-likeness (QED) is 0.287. The lowest BCUT2D eigenvalue weighted by Crippen LogP contribution is -2.39. The lowest BCUT2D eigenvalue weighted by molar-refractivity contribution is -0.141. The van der Waals surface area contributed by atoms with Crippen LogP contribution in [0.5, 0.6) is 5.75 Å². The van der Waals surface area contributed by atoms with Crippen molar-refractivity contribution in [2.45, 2.75) is 38.4 Å². The van der Waals surface area contributed by atoms with Crippen molar-refractivity contribution in [2.75, 3.05) is 39.3 Å². The number of hydrogen-bond acceptors (Lipinski definition) is 6. The van der Waals surface area contributed by atoms with Crippen molar-refractivity contribution in [3.63, 3.8) is 0 Å². The summed E-state index contributed by atoms with van der Waals surface area (Å²) in [5, 5.41) is 9.91. The zero-order valence-corrected chi connectivity index (χ0v) is 23.0. The van der Waals surface area contributed by atoms with Crippen LogP contribution in [0, 0.1) is 5.92 Å². The maximum absolute atomic E-state index is 12.3. The lowest BCUT2D eigenvalue weighted by Gasteiger charge is -2.36. The second kappa shape index (κ2) is 12.1. The van der Waals surface area contributed by atoms with Gasteiger partial charge in [-0.3, -0.25) is 0 Å². The van der Waals surface area contributed by atoms with E-state index in [9.17, 15) is 9.90 Å². The van der Waals surface area contributed by atoms with Crippen molar-refractivity contribution >= 4 is 22.8 Å². The molecule has 1 N–H and O–H groups in total. The van der Waals surface area contributed by atoms with Crippen molar-refractivity contribution in [3.8, 4) is 5.75 Å². The average molecular weight is 528 g/mol. The molecule has 1 aliphatic carbocycles. The topological polar surface area (TPSA) is 68.2 Å². The molecule has 1 saturated heterocycles. The Morgan fingerprint density at radius 2 is 1.54 bits per heavy atom. The Labute approximate surface area is 230 Å². The molecule has 0 saturated carbocycles. The molecular weight excluding hydrogens is 490 g/mol. The first-order valence-corrected chi connectivity index (χ1v) is 13.7. The van der Waals surface area contributed by atoms with E-state index < -0.39 is 0 Å². The second-order valence-corrected chi connectivity index (χ2v) is 10.3. The maximum Gasteiger partial charge on any atom is 0.337 e. The second-order valence-electron chi connectivity index (χ2n) is 10.3. The Bertz CT molecular complexity index is 1320. The fraction of sp³-hybridized carbons (Fsp3) is 0.364. The van der Waals surface area contributed by atoms with Gasteiger partial charge in [0.05, 0.1) is 12.7 Å². The number of aromatic hydroxyl groups is 1. The van der Waals surface area contributed by atoms with Crippen molar-refractivity contribution < 1.29 is 24.1 Å². The predicted octanol–water partition coefficient (Wildman–Crippen LogP) is 6.31. The molecule has 204 valence electrons. The third-order valence-corrected chi connectivity index (χ3v) is 8.10. The average Bonchev–Trinajstić information content (AvgIpc) is 3.17. The van der Waals surface area contributed by atoms with Crippen LogP contribution in [0.1, 0.15) is 58.3 Å². The fourth-order valence-electron chi connectivity index (χ4n) is 6.06. The number of ether oxygens (including phenoxy) is 3. The number of hydrogen-bond donors (Lipinski definition) is 1. The Balaban J connectivity index is 1.50. The Morgan fingerprint density at radius 1 is 0.872 bits per heavy atom. The molecule has 0 bridgehead atoms. The number of piperidine rings is 1. The largest absolute Gasteiger partial charge is 0.508 e. The van der Waals surface area contributed by atoms with Crippen molar-refractivity contribution in [2.24, 2.45) is 5.92 Å². The van der Waals surface area contributed by atoms with E-state index in [1.165, 1.54) is 23.9 Å². The van der Waals surface area contributed by atoms with Gasteiger partial charge in [-0.1, -0.05) is 30.3 Å². The summed E-state index contributed by atoms with van der Waals surface area (Å²) < 4.78 is 16.0. The summed E-state index contributed by atoms with van der Waals surface area (Å²) in [6.45, 7) is 1.93. The van der Waals surface area contributed by atoms with Crippen molar-refractivity contribution in [1.29, 1.82) is 0 Å². The number of fused-ring (bicyclic) bond motifs is 1. The molecule has 2 aliphatic rings. The maximum atomic E-state index is 12.3. The highest BCUT2D eigenvalue weighted by Gasteiger charge is 2.27. The van der Waals surface area contributed by atoms with Crippen LogP contribution >= 0.6 is 0 Å². The number of allylic oxidation sites excluding steroid dienone is 1. The van der Waals surface area contributed by atoms with Crippen LogP contribution in [0.25, 0.3) is 11.1 Å². The summed E-state index contributed by atoms with van der Waals surface area (Å²) in [5.74, 6) is 0.348. The van der Waals surface area contributed by atoms with Gasteiger partial charge in [0.15, 0.2) is 6.29 Å². The highest BCUT2D eigenvalue weighted by Crippen LogP contribution is 2.41. The van der Waals surface area contributed by atoms with Gasteiger partial charge >= 0.3 is 5.97 Å². The number of phenolic OH excluding ortho intramolecular Hbond substituents is 1. The van der Waals surface area contributed by atoms with E-state index in [2.05, 4.69) is 35.2 Å². The zero-order chi connectivity index (χ0) is 27.4. The minimum Gasteiger partial charge on any atom is -0.508 e. The first kappa shape index (κ1) is 27.0. The summed E-state index contributed by atoms with van der Waals surface area (Å²) in [5.41, 5.74) is 8.75. The van der Waals surface area contributed by atoms with Crippen molar-refractivity contribution in [3.05, 3.63) is 94.5 Å². The van der Waals surface area contributed by atoms with Crippen LogP contribution in [-0.2, 0) is 20.6 Å². The van der Waals surface area contributed by atoms with Gasteiger partial charge < -0.3 is 24.2 Å². The number of anilines is 1. The molecule has 3 aromatic rings. The highest BCUT2D eigenvalue weighted by molar-refractivity contribution is 6.01. The van der Waals surface area contributed by atoms with Crippen LogP contribution in [-0.4, -0.2) is 51.8 Å². The zero-order valence-electron chi connectivity index (χ0n) is 23.0. The summed E-state index contributed by atoms with van der Waals surface area (Å²) in [6.07, 6.45) is 4.66. The molecule has 6 heteroatoms. The molecule has 1 aliphatic heterocycles. The van der Waals surface area contributed by atoms with E-state index in [1.54, 1.807) is 26.4 Å². The summed E-state index contributed by atoms with van der Waals surface area (Å²) in [6, 6.07) is 22.2. The standard InChI is InChI=1S/C33H37NO5/c1-37-32(36)26-11-16-30-25(21-26)5-4-6-29(22-9-14-28(35)15-10-22)31(30)23-7-12-27(13-8-23)34-19-17-24(18-20-34)33(38-2)39-3/h7-16,21,24,33,35H,4-6,17-20H2,1-3H3. The molecule has 6 nitrogen and oxygen atoms in total. The molecule has 3 aromatic carbocycles. The number of carbonyl (C=O) groups is 1. The van der Waals surface area contributed by atoms with Crippen LogP contribution in [0.15, 0.2) is 66.7 Å². The molecule has 0 atom stereocenters. The Hall–Kier alpha value is -3.61. The van der Waals surface area contributed by atoms with Crippen molar-refractivity contribution in [1.82, 2.24) is 0 Å². The Kier molecular flexibility index (Phi) is 8.34. The Morgan fingerprint density at radius 3 is 2.18 bits per heavy atom. The molecule has 1 fully saturated rings. The molecule has 0 aromatic heterocycles. The fourth-order valence-corrected chi connectivity index (χ4v) is 6.06. The smallest absolute Gasteiger partial charge is 0.337 e. The minimum absolute atomic E-state index is 0.144. The van der Waals surface area contributed by atoms with Gasteiger partial charge in [0, 0.05) is 38.9 Å². The van der Waals surface area contributed by atoms with Crippen LogP contribution in [0.4, 0.5) is 5.69 Å². The van der Waals surface area contributed by atoms with Crippen LogP contribution < -0.4 is 4.90 Å². The van der Waals surface area contributed by atoms with Gasteiger partial charge in [-0.25, -0.2) is 4.79 Å². The SMILES string of the molecule is COC(=O)c1ccc2c(c1)CCCC(c1ccc(O)cc1)=C2c1ccc(N2CCC(C(OC)OC)CC2)cc1. The molecule has 39 heavy (non-hydrogen) atoms. The molecular formula is C33H37NO5. The van der Waals surface area contributed by atoms with E-state index >= 15 is 0 Å². The molecule has 0 unspecified atom stereocenters. The number of methoxy groups -OCH3 is 3.